The Bertz CT molecular complexity index is 797. The van der Waals surface area contributed by atoms with E-state index in [0.717, 1.165) is 36.2 Å². The lowest BCUT2D eigenvalue weighted by molar-refractivity contribution is 0.0605. The van der Waals surface area contributed by atoms with Crippen molar-refractivity contribution < 1.29 is 4.79 Å². The second-order valence-electron chi connectivity index (χ2n) is 5.38. The first-order valence-electron chi connectivity index (χ1n) is 7.33. The van der Waals surface area contributed by atoms with Crippen molar-refractivity contribution in [1.29, 1.82) is 0 Å². The molecule has 0 bridgehead atoms. The standard InChI is InChI=1S/C15H15N5OS/c21-15(11-5-4-10-9-17-19-13(10)18-11)20-7-2-1-3-12(20)14-16-6-8-22-14/h4-6,8-9,12H,1-3,7H2,(H,17,18,19). The van der Waals surface area contributed by atoms with Gasteiger partial charge in [0.1, 0.15) is 10.7 Å². The van der Waals surface area contributed by atoms with Gasteiger partial charge in [0, 0.05) is 23.5 Å². The molecule has 3 aromatic heterocycles. The topological polar surface area (TPSA) is 74.8 Å². The molecule has 6 nitrogen and oxygen atoms in total. The summed E-state index contributed by atoms with van der Waals surface area (Å²) < 4.78 is 0. The number of piperidine rings is 1. The molecule has 4 heterocycles. The molecule has 1 aliphatic heterocycles. The molecular weight excluding hydrogens is 298 g/mol. The zero-order chi connectivity index (χ0) is 14.9. The van der Waals surface area contributed by atoms with E-state index >= 15 is 0 Å². The van der Waals surface area contributed by atoms with Crippen molar-refractivity contribution in [3.63, 3.8) is 0 Å². The molecule has 3 aromatic rings. The Balaban J connectivity index is 1.67. The third-order valence-electron chi connectivity index (χ3n) is 4.02. The van der Waals surface area contributed by atoms with Crippen LogP contribution in [-0.2, 0) is 0 Å². The molecule has 7 heteroatoms. The maximum Gasteiger partial charge on any atom is 0.273 e. The van der Waals surface area contributed by atoms with Crippen LogP contribution in [0.15, 0.2) is 29.9 Å². The number of thiazole rings is 1. The summed E-state index contributed by atoms with van der Waals surface area (Å²) in [6.07, 6.45) is 6.62. The maximum atomic E-state index is 12.9. The fraction of sp³-hybridized carbons (Fsp3) is 0.333. The van der Waals surface area contributed by atoms with E-state index < -0.39 is 0 Å². The number of hydrogen-bond donors (Lipinski definition) is 1. The van der Waals surface area contributed by atoms with E-state index in [1.165, 1.54) is 0 Å². The van der Waals surface area contributed by atoms with Gasteiger partial charge in [-0.05, 0) is 31.4 Å². The number of nitrogens with one attached hydrogen (secondary N) is 1. The molecule has 4 rings (SSSR count). The van der Waals surface area contributed by atoms with Gasteiger partial charge in [0.15, 0.2) is 5.65 Å². The third kappa shape index (κ3) is 2.27. The molecule has 0 saturated carbocycles. The second-order valence-corrected chi connectivity index (χ2v) is 6.31. The van der Waals surface area contributed by atoms with Gasteiger partial charge < -0.3 is 4.90 Å². The minimum atomic E-state index is -0.0311. The van der Waals surface area contributed by atoms with Gasteiger partial charge in [-0.25, -0.2) is 9.97 Å². The molecule has 1 aliphatic rings. The lowest BCUT2D eigenvalue weighted by Crippen LogP contribution is -2.38. The first-order valence-corrected chi connectivity index (χ1v) is 8.21. The van der Waals surface area contributed by atoms with E-state index in [-0.39, 0.29) is 11.9 Å². The van der Waals surface area contributed by atoms with Crippen LogP contribution in [0.4, 0.5) is 0 Å². The number of carbonyl (C=O) groups is 1. The number of pyridine rings is 1. The van der Waals surface area contributed by atoms with Gasteiger partial charge >= 0.3 is 0 Å². The highest BCUT2D eigenvalue weighted by atomic mass is 32.1. The molecule has 1 unspecified atom stereocenters. The number of carbonyl (C=O) groups excluding carboxylic acids is 1. The average molecular weight is 313 g/mol. The fourth-order valence-electron chi connectivity index (χ4n) is 2.92. The molecular formula is C15H15N5OS. The highest BCUT2D eigenvalue weighted by Gasteiger charge is 2.30. The summed E-state index contributed by atoms with van der Waals surface area (Å²) in [5.41, 5.74) is 1.11. The van der Waals surface area contributed by atoms with Gasteiger partial charge in [0.05, 0.1) is 12.2 Å². The van der Waals surface area contributed by atoms with Crippen molar-refractivity contribution in [1.82, 2.24) is 25.1 Å². The summed E-state index contributed by atoms with van der Waals surface area (Å²) in [4.78, 5) is 23.6. The lowest BCUT2D eigenvalue weighted by atomic mass is 10.0. The minimum absolute atomic E-state index is 0.0311. The second kappa shape index (κ2) is 5.49. The summed E-state index contributed by atoms with van der Waals surface area (Å²) in [5.74, 6) is -0.0311. The third-order valence-corrected chi connectivity index (χ3v) is 4.90. The molecule has 1 amide bonds. The Morgan fingerprint density at radius 3 is 3.18 bits per heavy atom. The van der Waals surface area contributed by atoms with Gasteiger partial charge in [-0.3, -0.25) is 9.89 Å². The number of amides is 1. The quantitative estimate of drug-likeness (QED) is 0.789. The molecule has 112 valence electrons. The SMILES string of the molecule is O=C(c1ccc2cn[nH]c2n1)N1CCCCC1c1nccs1. The van der Waals surface area contributed by atoms with Gasteiger partial charge in [-0.15, -0.1) is 11.3 Å². The molecule has 1 saturated heterocycles. The van der Waals surface area contributed by atoms with Crippen LogP contribution in [0.5, 0.6) is 0 Å². The highest BCUT2D eigenvalue weighted by molar-refractivity contribution is 7.09. The predicted octanol–water partition coefficient (Wildman–Crippen LogP) is 2.78. The Morgan fingerprint density at radius 1 is 1.36 bits per heavy atom. The summed E-state index contributed by atoms with van der Waals surface area (Å²) in [5, 5.41) is 10.6. The molecule has 0 radical (unpaired) electrons. The first kappa shape index (κ1) is 13.4. The number of aromatic amines is 1. The summed E-state index contributed by atoms with van der Waals surface area (Å²) in [6, 6.07) is 3.72. The number of rotatable bonds is 2. The van der Waals surface area contributed by atoms with E-state index in [1.807, 2.05) is 16.3 Å². The normalized spacial score (nSPS) is 18.7. The molecule has 1 fully saturated rings. The van der Waals surface area contributed by atoms with Gasteiger partial charge in [-0.1, -0.05) is 0 Å². The van der Waals surface area contributed by atoms with Crippen LogP contribution in [0.25, 0.3) is 11.0 Å². The molecule has 1 N–H and O–H groups in total. The summed E-state index contributed by atoms with van der Waals surface area (Å²) in [6.45, 7) is 0.756. The largest absolute Gasteiger partial charge is 0.328 e. The van der Waals surface area contributed by atoms with Crippen LogP contribution in [0, 0.1) is 0 Å². The number of H-pyrrole nitrogens is 1. The van der Waals surface area contributed by atoms with E-state index in [1.54, 1.807) is 29.8 Å². The number of aromatic nitrogens is 4. The smallest absolute Gasteiger partial charge is 0.273 e. The van der Waals surface area contributed by atoms with Crippen molar-refractivity contribution in [2.45, 2.75) is 25.3 Å². The number of nitrogens with zero attached hydrogens (tertiary/aromatic N) is 4. The number of hydrogen-bond acceptors (Lipinski definition) is 5. The number of likely N-dealkylation sites (tertiary alicyclic amines) is 1. The molecule has 22 heavy (non-hydrogen) atoms. The van der Waals surface area contributed by atoms with Crippen molar-refractivity contribution in [3.8, 4) is 0 Å². The molecule has 0 spiro atoms. The van der Waals surface area contributed by atoms with Crippen LogP contribution in [-0.4, -0.2) is 37.5 Å². The van der Waals surface area contributed by atoms with E-state index in [4.69, 9.17) is 0 Å². The maximum absolute atomic E-state index is 12.9. The Labute approximate surface area is 131 Å². The Hall–Kier alpha value is -2.28. The zero-order valence-electron chi connectivity index (χ0n) is 11.9. The monoisotopic (exact) mass is 313 g/mol. The number of fused-ring (bicyclic) bond motifs is 1. The fourth-order valence-corrected chi connectivity index (χ4v) is 3.71. The zero-order valence-corrected chi connectivity index (χ0v) is 12.7. The van der Waals surface area contributed by atoms with Crippen LogP contribution in [0.2, 0.25) is 0 Å². The highest BCUT2D eigenvalue weighted by Crippen LogP contribution is 2.33. The van der Waals surface area contributed by atoms with Crippen LogP contribution < -0.4 is 0 Å². The van der Waals surface area contributed by atoms with E-state index in [2.05, 4.69) is 20.2 Å². The molecule has 1 atom stereocenters. The molecule has 0 aromatic carbocycles. The van der Waals surface area contributed by atoms with Gasteiger partial charge in [-0.2, -0.15) is 5.10 Å². The Morgan fingerprint density at radius 2 is 2.32 bits per heavy atom. The summed E-state index contributed by atoms with van der Waals surface area (Å²) in [7, 11) is 0. The van der Waals surface area contributed by atoms with Crippen LogP contribution >= 0.6 is 11.3 Å². The minimum Gasteiger partial charge on any atom is -0.328 e. The predicted molar refractivity (Wildman–Crippen MR) is 83.6 cm³/mol. The van der Waals surface area contributed by atoms with Gasteiger partial charge in [0.25, 0.3) is 5.91 Å². The van der Waals surface area contributed by atoms with Crippen LogP contribution in [0.1, 0.15) is 40.8 Å². The summed E-state index contributed by atoms with van der Waals surface area (Å²) >= 11 is 1.61. The van der Waals surface area contributed by atoms with E-state index in [9.17, 15) is 4.79 Å². The first-order chi connectivity index (χ1) is 10.8. The van der Waals surface area contributed by atoms with Crippen molar-refractivity contribution in [3.05, 3.63) is 40.6 Å². The van der Waals surface area contributed by atoms with Crippen LogP contribution in [0.3, 0.4) is 0 Å². The van der Waals surface area contributed by atoms with Gasteiger partial charge in [0.2, 0.25) is 0 Å². The van der Waals surface area contributed by atoms with Crippen molar-refractivity contribution in [2.75, 3.05) is 6.54 Å². The molecule has 0 aliphatic carbocycles. The Kier molecular flexibility index (Phi) is 3.34. The lowest BCUT2D eigenvalue weighted by Gasteiger charge is -2.34. The average Bonchev–Trinajstić information content (AvgIpc) is 3.24. The van der Waals surface area contributed by atoms with E-state index in [0.29, 0.717) is 11.3 Å². The van der Waals surface area contributed by atoms with Crippen molar-refractivity contribution >= 4 is 28.3 Å². The van der Waals surface area contributed by atoms with Crippen molar-refractivity contribution in [2.24, 2.45) is 0 Å².